The zero-order chi connectivity index (χ0) is 46.6. The maximum atomic E-state index is 12.0. The first kappa shape index (κ1) is 55.8. The van der Waals surface area contributed by atoms with Crippen molar-refractivity contribution in [2.45, 2.75) is 55.1 Å². The van der Waals surface area contributed by atoms with Gasteiger partial charge in [-0.05, 0) is 0 Å². The molecule has 0 aromatic rings. The minimum Gasteiger partial charge on any atom is -0.341 e. The molecule has 59 heavy (non-hydrogen) atoms. The molecule has 0 saturated carbocycles. The molecule has 0 aliphatic carbocycles. The monoisotopic (exact) mass is 1060 g/mol. The van der Waals surface area contributed by atoms with Gasteiger partial charge in [-0.25, -0.2) is 37.6 Å². The smallest absolute Gasteiger partial charge is 0.341 e. The first-order valence-electron chi connectivity index (χ1n) is 12.9. The normalized spacial score (nSPS) is 24.3. The highest BCUT2D eigenvalue weighted by atomic mass is 32.3. The van der Waals surface area contributed by atoms with E-state index in [1.807, 2.05) is 0 Å². The van der Waals surface area contributed by atoms with Crippen LogP contribution in [-0.2, 0) is 141 Å². The molecule has 1 aliphatic rings. The van der Waals surface area contributed by atoms with E-state index < -0.39 is 169 Å². The van der Waals surface area contributed by atoms with E-state index in [1.165, 1.54) is 0 Å². The Balaban J connectivity index is 4.57. The summed E-state index contributed by atoms with van der Waals surface area (Å²) in [6, 6.07) is 0. The molecule has 0 aromatic carbocycles. The van der Waals surface area contributed by atoms with Gasteiger partial charge in [0.1, 0.15) is 42.7 Å². The van der Waals surface area contributed by atoms with E-state index in [0.29, 0.717) is 0 Å². The Hall–Kier alpha value is -1.25. The minimum atomic E-state index is -6.48. The molecule has 0 radical (unpaired) electrons. The van der Waals surface area contributed by atoms with E-state index in [1.54, 1.807) is 0 Å². The van der Waals surface area contributed by atoms with Gasteiger partial charge in [0, 0.05) is 0 Å². The summed E-state index contributed by atoms with van der Waals surface area (Å²) < 4.78 is 338. The summed E-state index contributed by atoms with van der Waals surface area (Å²) in [5.74, 6) is 0. The summed E-state index contributed by atoms with van der Waals surface area (Å²) in [6.07, 6.45) is -32.0. The Morgan fingerprint density at radius 1 is 0.390 bits per heavy atom. The van der Waals surface area contributed by atoms with Gasteiger partial charge in [0.05, 0.1) is 19.8 Å². The fourth-order valence-corrected chi connectivity index (χ4v) is 7.88. The van der Waals surface area contributed by atoms with Crippen LogP contribution in [0.5, 0.6) is 0 Å². The minimum absolute atomic E-state index is 2.08. The maximum Gasteiger partial charge on any atom is 0.397 e. The van der Waals surface area contributed by atoms with Gasteiger partial charge in [0.2, 0.25) is 0 Å². The van der Waals surface area contributed by atoms with Crippen molar-refractivity contribution < 1.29 is 164 Å². The third kappa shape index (κ3) is 24.8. The molecule has 0 aromatic heterocycles. The topological polar surface area (TPSA) is 591 Å². The second-order valence-corrected chi connectivity index (χ2v) is 19.4. The zero-order valence-electron chi connectivity index (χ0n) is 26.9. The van der Waals surface area contributed by atoms with E-state index in [0.717, 1.165) is 0 Å². The molecular weight excluding hydrogens is 1040 g/mol. The third-order valence-corrected chi connectivity index (χ3v) is 9.65. The Labute approximate surface area is 331 Å². The van der Waals surface area contributed by atoms with Crippen molar-refractivity contribution in [2.75, 3.05) is 19.8 Å². The predicted octanol–water partition coefficient (Wildman–Crippen LogP) is -7.32. The van der Waals surface area contributed by atoms with Crippen LogP contribution in [0.25, 0.3) is 0 Å². The van der Waals surface area contributed by atoms with Gasteiger partial charge in [-0.2, -0.15) is 75.8 Å². The van der Waals surface area contributed by atoms with Gasteiger partial charge in [-0.1, -0.05) is 0 Å². The molecule has 1 saturated heterocycles. The SMILES string of the molecule is O=S(=O)(O)OC[C@H](OS(=O)(=O)O)[C@@H](O[C@@H]1O[C@H](COS(=O)(=O)O)[C@@H](OS(=O)(=O)O)[C@@H](OS(=O)(=O)O)[C@@H]1OS(=O)(=O)O)[C@@H](OS(=O)(=O)O)[C@@H](COS(=O)(=O)O)OS(=O)(=O)O. The summed E-state index contributed by atoms with van der Waals surface area (Å²) in [5, 5.41) is 0. The van der Waals surface area contributed by atoms with E-state index >= 15 is 0 Å². The summed E-state index contributed by atoms with van der Waals surface area (Å²) >= 11 is 0. The molecule has 1 aliphatic heterocycles. The number of hydrogen-bond donors (Lipinski definition) is 9. The van der Waals surface area contributed by atoms with E-state index in [9.17, 15) is 103 Å². The van der Waals surface area contributed by atoms with Crippen LogP contribution in [0.3, 0.4) is 0 Å². The molecule has 9 atom stereocenters. The standard InChI is InChI=1S/C12H24O38S9/c13-51(14,15)40-1-4-8(47-56(28,29)30)10(49-58(34,35)36)11(50-59(37,38)39)12(43-4)44-7(5(45-54(22,23)24)2-41-52(16,17)18)9(48-57(31,32)33)6(46-55(25,26)27)3-42-53(19,20)21/h4-12H,1-3H2,(H,13,14,15)(H,16,17,18)(H,19,20,21)(H,22,23,24)(H,25,26,27)(H,28,29,30)(H,31,32,33)(H,34,35,36)(H,37,38,39)/t4-,5+,6-,7-,8-,9+,10-,11+,12+/m1/s1. The van der Waals surface area contributed by atoms with Crippen LogP contribution in [0.1, 0.15) is 0 Å². The van der Waals surface area contributed by atoms with Gasteiger partial charge in [-0.15, -0.1) is 0 Å². The summed E-state index contributed by atoms with van der Waals surface area (Å²) in [4.78, 5) is 0. The highest BCUT2D eigenvalue weighted by Crippen LogP contribution is 2.35. The first-order chi connectivity index (χ1) is 25.8. The molecular formula is C12H24O38S9. The third-order valence-electron chi connectivity index (χ3n) is 5.50. The average molecular weight is 1060 g/mol. The lowest BCUT2D eigenvalue weighted by atomic mass is 9.98. The van der Waals surface area contributed by atoms with E-state index in [4.69, 9.17) is 23.1 Å². The van der Waals surface area contributed by atoms with Crippen molar-refractivity contribution in [3.05, 3.63) is 0 Å². The van der Waals surface area contributed by atoms with Gasteiger partial charge in [0.25, 0.3) is 0 Å². The second-order valence-electron chi connectivity index (χ2n) is 9.86. The van der Waals surface area contributed by atoms with Crippen LogP contribution >= 0.6 is 0 Å². The lowest BCUT2D eigenvalue weighted by Crippen LogP contribution is -2.65. The number of rotatable bonds is 26. The summed E-state index contributed by atoms with van der Waals surface area (Å²) in [5.41, 5.74) is 0. The van der Waals surface area contributed by atoms with Gasteiger partial charge in [-0.3, -0.25) is 41.0 Å². The van der Waals surface area contributed by atoms with Crippen molar-refractivity contribution in [1.29, 1.82) is 0 Å². The summed E-state index contributed by atoms with van der Waals surface area (Å²) in [7, 11) is -55.8. The molecule has 9 N–H and O–H groups in total. The van der Waals surface area contributed by atoms with Gasteiger partial charge >= 0.3 is 93.6 Å². The molecule has 354 valence electrons. The van der Waals surface area contributed by atoms with Crippen LogP contribution in [0, 0.1) is 0 Å². The van der Waals surface area contributed by atoms with Crippen LogP contribution in [0.15, 0.2) is 0 Å². The lowest BCUT2D eigenvalue weighted by molar-refractivity contribution is -0.313. The Kier molecular flexibility index (Phi) is 19.0. The Morgan fingerprint density at radius 2 is 0.729 bits per heavy atom. The lowest BCUT2D eigenvalue weighted by Gasteiger charge is -2.45. The zero-order valence-corrected chi connectivity index (χ0v) is 34.2. The van der Waals surface area contributed by atoms with Crippen LogP contribution in [-0.4, -0.2) is 192 Å². The van der Waals surface area contributed by atoms with Crippen LogP contribution in [0.4, 0.5) is 0 Å². The predicted molar refractivity (Wildman–Crippen MR) is 165 cm³/mol. The molecule has 0 unspecified atom stereocenters. The summed E-state index contributed by atoms with van der Waals surface area (Å²) in [6.45, 7) is -6.81. The number of hydrogen-bond acceptors (Lipinski definition) is 29. The molecule has 1 fully saturated rings. The molecule has 0 amide bonds. The van der Waals surface area contributed by atoms with Gasteiger partial charge < -0.3 is 9.47 Å². The fraction of sp³-hybridized carbons (Fsp3) is 1.00. The Morgan fingerprint density at radius 3 is 1.07 bits per heavy atom. The first-order valence-corrected chi connectivity index (χ1v) is 25.2. The van der Waals surface area contributed by atoms with Crippen molar-refractivity contribution in [3.8, 4) is 0 Å². The highest BCUT2D eigenvalue weighted by Gasteiger charge is 2.57. The second kappa shape index (κ2) is 20.1. The van der Waals surface area contributed by atoms with E-state index in [2.05, 4.69) is 37.6 Å². The van der Waals surface area contributed by atoms with Crippen LogP contribution in [0.2, 0.25) is 0 Å². The van der Waals surface area contributed by atoms with Gasteiger partial charge in [0.15, 0.2) is 12.4 Å². The van der Waals surface area contributed by atoms with Crippen LogP contribution < -0.4 is 0 Å². The molecule has 1 heterocycles. The Bertz CT molecular complexity index is 2470. The molecule has 47 heteroatoms. The average Bonchev–Trinajstić information content (AvgIpc) is 2.92. The molecule has 38 nitrogen and oxygen atoms in total. The quantitative estimate of drug-likeness (QED) is 0.0363. The van der Waals surface area contributed by atoms with Crippen molar-refractivity contribution in [3.63, 3.8) is 0 Å². The maximum absolute atomic E-state index is 12.0. The number of ether oxygens (including phenoxy) is 2. The largest absolute Gasteiger partial charge is 0.397 e. The fourth-order valence-electron chi connectivity index (χ4n) is 4.00. The highest BCUT2D eigenvalue weighted by molar-refractivity contribution is 7.82. The molecule has 1 rings (SSSR count). The molecule has 0 spiro atoms. The molecule has 0 bridgehead atoms. The van der Waals surface area contributed by atoms with Crippen molar-refractivity contribution >= 4 is 93.6 Å². The van der Waals surface area contributed by atoms with Crippen molar-refractivity contribution in [2.24, 2.45) is 0 Å². The van der Waals surface area contributed by atoms with Crippen molar-refractivity contribution in [1.82, 2.24) is 0 Å². The van der Waals surface area contributed by atoms with E-state index in [-0.39, 0.29) is 0 Å².